The van der Waals surface area contributed by atoms with Crippen molar-refractivity contribution in [1.29, 1.82) is 0 Å². The minimum atomic E-state index is -0.786. The third-order valence-electron chi connectivity index (χ3n) is 2.60. The zero-order chi connectivity index (χ0) is 15.8. The number of carbonyl (C=O) groups is 2. The first-order chi connectivity index (χ1) is 9.90. The molecule has 0 heterocycles. The molecule has 0 bridgehead atoms. The maximum atomic E-state index is 11.8. The van der Waals surface area contributed by atoms with Crippen LogP contribution < -0.4 is 10.6 Å². The number of carbonyl (C=O) groups excluding carboxylic acids is 1. The molecular weight excluding hydrogens is 472 g/mol. The Hall–Kier alpha value is -0.600. The quantitative estimate of drug-likeness (QED) is 0.487. The van der Waals surface area contributed by atoms with Crippen molar-refractivity contribution < 1.29 is 14.7 Å². The Kier molecular flexibility index (Phi) is 8.28. The zero-order valence-corrected chi connectivity index (χ0v) is 15.8. The molecule has 1 aromatic rings. The summed E-state index contributed by atoms with van der Waals surface area (Å²) < 4.78 is 2.42. The smallest absolute Gasteiger partial charge is 0.319 e. The van der Waals surface area contributed by atoms with E-state index in [0.29, 0.717) is 18.7 Å². The molecule has 21 heavy (non-hydrogen) atoms. The van der Waals surface area contributed by atoms with Gasteiger partial charge >= 0.3 is 12.0 Å². The Balaban J connectivity index is 2.33. The van der Waals surface area contributed by atoms with Gasteiger partial charge in [0.25, 0.3) is 0 Å². The second kappa shape index (κ2) is 9.42. The number of nitrogens with one attached hydrogen (secondary N) is 2. The number of urea groups is 1. The lowest BCUT2D eigenvalue weighted by Gasteiger charge is -2.11. The molecule has 0 aliphatic rings. The number of amides is 2. The van der Waals surface area contributed by atoms with Crippen molar-refractivity contribution in [3.05, 3.63) is 25.6 Å². The van der Waals surface area contributed by atoms with Crippen LogP contribution in [0.1, 0.15) is 25.7 Å². The summed E-state index contributed by atoms with van der Waals surface area (Å²) in [6.07, 6.45) is 2.33. The third kappa shape index (κ3) is 7.28. The van der Waals surface area contributed by atoms with Gasteiger partial charge in [-0.25, -0.2) is 4.79 Å². The summed E-state index contributed by atoms with van der Waals surface area (Å²) in [5, 5.41) is 14.0. The van der Waals surface area contributed by atoms with Crippen LogP contribution in [0.25, 0.3) is 0 Å². The van der Waals surface area contributed by atoms with Crippen molar-refractivity contribution >= 4 is 65.5 Å². The Bertz CT molecular complexity index is 500. The molecule has 0 atom stereocenters. The highest BCUT2D eigenvalue weighted by atomic mass is 79.9. The molecule has 0 fully saturated rings. The molecule has 5 nitrogen and oxygen atoms in total. The monoisotopic (exact) mass is 484 g/mol. The van der Waals surface area contributed by atoms with Crippen LogP contribution in [0.2, 0.25) is 0 Å². The van der Waals surface area contributed by atoms with Crippen molar-refractivity contribution in [2.75, 3.05) is 11.9 Å². The van der Waals surface area contributed by atoms with Crippen molar-refractivity contribution in [1.82, 2.24) is 5.32 Å². The number of carboxylic acids is 1. The number of aliphatic carboxylic acids is 1. The predicted molar refractivity (Wildman–Crippen MR) is 92.7 cm³/mol. The lowest BCUT2D eigenvalue weighted by atomic mass is 10.2. The molecule has 3 N–H and O–H groups in total. The normalized spacial score (nSPS) is 10.2. The zero-order valence-electron chi connectivity index (χ0n) is 11.1. The fourth-order valence-electron chi connectivity index (χ4n) is 1.60. The van der Waals surface area contributed by atoms with Gasteiger partial charge in [0.2, 0.25) is 0 Å². The summed E-state index contributed by atoms with van der Waals surface area (Å²) >= 11 is 10.1. The first-order valence-corrected chi connectivity index (χ1v) is 8.69. The van der Waals surface area contributed by atoms with Gasteiger partial charge in [0, 0.05) is 26.4 Å². The standard InChI is InChI=1S/C13H15Br3N2O3/c14-8-6-9(15)12(10(16)7-8)18-13(21)17-5-3-1-2-4-11(19)20/h6-7H,1-5H2,(H,19,20)(H2,17,18,21). The van der Waals surface area contributed by atoms with E-state index in [9.17, 15) is 9.59 Å². The molecule has 1 aromatic carbocycles. The van der Waals surface area contributed by atoms with E-state index in [1.807, 2.05) is 12.1 Å². The molecule has 2 amide bonds. The van der Waals surface area contributed by atoms with Crippen LogP contribution in [-0.4, -0.2) is 23.7 Å². The summed E-state index contributed by atoms with van der Waals surface area (Å²) in [5.74, 6) is -0.786. The minimum absolute atomic E-state index is 0.172. The van der Waals surface area contributed by atoms with Crippen LogP contribution in [-0.2, 0) is 4.79 Å². The molecule has 0 unspecified atom stereocenters. The lowest BCUT2D eigenvalue weighted by Crippen LogP contribution is -2.29. The largest absolute Gasteiger partial charge is 0.481 e. The van der Waals surface area contributed by atoms with Crippen LogP contribution in [0.4, 0.5) is 10.5 Å². The molecule has 0 radical (unpaired) electrons. The summed E-state index contributed by atoms with van der Waals surface area (Å²) in [4.78, 5) is 22.1. The number of benzene rings is 1. The van der Waals surface area contributed by atoms with Gasteiger partial charge in [0.1, 0.15) is 0 Å². The first-order valence-electron chi connectivity index (χ1n) is 6.31. The Morgan fingerprint density at radius 2 is 1.67 bits per heavy atom. The first kappa shape index (κ1) is 18.4. The number of hydrogen-bond acceptors (Lipinski definition) is 2. The molecule has 0 spiro atoms. The molecule has 0 aliphatic carbocycles. The maximum absolute atomic E-state index is 11.8. The van der Waals surface area contributed by atoms with E-state index >= 15 is 0 Å². The van der Waals surface area contributed by atoms with E-state index in [4.69, 9.17) is 5.11 Å². The number of rotatable bonds is 7. The van der Waals surface area contributed by atoms with E-state index in [0.717, 1.165) is 26.3 Å². The number of anilines is 1. The molecule has 0 aliphatic heterocycles. The Labute approximate surface area is 148 Å². The van der Waals surface area contributed by atoms with Crippen LogP contribution in [0.15, 0.2) is 25.6 Å². The molecule has 0 saturated heterocycles. The molecule has 1 rings (SSSR count). The average molecular weight is 487 g/mol. The summed E-state index contributed by atoms with van der Waals surface area (Å²) in [5.41, 5.74) is 0.654. The van der Waals surface area contributed by atoms with E-state index in [-0.39, 0.29) is 12.5 Å². The molecule has 116 valence electrons. The molecule has 0 aromatic heterocycles. The minimum Gasteiger partial charge on any atom is -0.481 e. The summed E-state index contributed by atoms with van der Waals surface area (Å²) in [6, 6.07) is 3.38. The van der Waals surface area contributed by atoms with Gasteiger partial charge < -0.3 is 15.7 Å². The van der Waals surface area contributed by atoms with Gasteiger partial charge in [-0.3, -0.25) is 4.79 Å². The van der Waals surface area contributed by atoms with E-state index in [1.165, 1.54) is 0 Å². The predicted octanol–water partition coefficient (Wildman–Crippen LogP) is 4.74. The summed E-state index contributed by atoms with van der Waals surface area (Å²) in [7, 11) is 0. The Morgan fingerprint density at radius 3 is 2.24 bits per heavy atom. The van der Waals surface area contributed by atoms with Gasteiger partial charge in [-0.2, -0.15) is 0 Å². The lowest BCUT2D eigenvalue weighted by molar-refractivity contribution is -0.137. The van der Waals surface area contributed by atoms with Crippen LogP contribution in [0.5, 0.6) is 0 Å². The Morgan fingerprint density at radius 1 is 1.05 bits per heavy atom. The van der Waals surface area contributed by atoms with Gasteiger partial charge in [-0.05, 0) is 56.8 Å². The maximum Gasteiger partial charge on any atom is 0.319 e. The van der Waals surface area contributed by atoms with E-state index < -0.39 is 5.97 Å². The van der Waals surface area contributed by atoms with E-state index in [1.54, 1.807) is 0 Å². The van der Waals surface area contributed by atoms with Crippen LogP contribution in [0, 0.1) is 0 Å². The van der Waals surface area contributed by atoms with Crippen molar-refractivity contribution in [2.45, 2.75) is 25.7 Å². The summed E-state index contributed by atoms with van der Waals surface area (Å²) in [6.45, 7) is 0.511. The molecular formula is C13H15Br3N2O3. The highest BCUT2D eigenvalue weighted by Crippen LogP contribution is 2.34. The highest BCUT2D eigenvalue weighted by molar-refractivity contribution is 9.11. The SMILES string of the molecule is O=C(O)CCCCCNC(=O)Nc1c(Br)cc(Br)cc1Br. The fourth-order valence-corrected chi connectivity index (χ4v) is 4.06. The van der Waals surface area contributed by atoms with Gasteiger partial charge in [0.15, 0.2) is 0 Å². The number of hydrogen-bond donors (Lipinski definition) is 3. The second-order valence-corrected chi connectivity index (χ2v) is 6.95. The fraction of sp³-hybridized carbons (Fsp3) is 0.385. The van der Waals surface area contributed by atoms with Crippen molar-refractivity contribution in [3.63, 3.8) is 0 Å². The third-order valence-corrected chi connectivity index (χ3v) is 4.31. The highest BCUT2D eigenvalue weighted by Gasteiger charge is 2.10. The van der Waals surface area contributed by atoms with Gasteiger partial charge in [-0.1, -0.05) is 22.4 Å². The topological polar surface area (TPSA) is 78.4 Å². The average Bonchev–Trinajstić information content (AvgIpc) is 2.37. The van der Waals surface area contributed by atoms with Crippen molar-refractivity contribution in [3.8, 4) is 0 Å². The van der Waals surface area contributed by atoms with Crippen molar-refractivity contribution in [2.24, 2.45) is 0 Å². The second-order valence-electron chi connectivity index (χ2n) is 4.33. The van der Waals surface area contributed by atoms with Crippen LogP contribution >= 0.6 is 47.8 Å². The number of carboxylic acid groups (broad SMARTS) is 1. The number of halogens is 3. The molecule has 0 saturated carbocycles. The van der Waals surface area contributed by atoms with Crippen LogP contribution in [0.3, 0.4) is 0 Å². The van der Waals surface area contributed by atoms with Gasteiger partial charge in [-0.15, -0.1) is 0 Å². The molecule has 8 heteroatoms. The van der Waals surface area contributed by atoms with E-state index in [2.05, 4.69) is 58.4 Å². The number of unbranched alkanes of at least 4 members (excludes halogenated alkanes) is 2. The van der Waals surface area contributed by atoms with Gasteiger partial charge in [0.05, 0.1) is 5.69 Å².